The smallest absolute Gasteiger partial charge is 0.211 e. The van der Waals surface area contributed by atoms with Crippen LogP contribution in [-0.4, -0.2) is 27.6 Å². The maximum absolute atomic E-state index is 10.7. The summed E-state index contributed by atoms with van der Waals surface area (Å²) in [7, 11) is 0. The monoisotopic (exact) mass is 338 g/mol. The highest BCUT2D eigenvalue weighted by Gasteiger charge is 2.12. The third-order valence-corrected chi connectivity index (χ3v) is 4.27. The van der Waals surface area contributed by atoms with Crippen molar-refractivity contribution in [2.24, 2.45) is 0 Å². The highest BCUT2D eigenvalue weighted by molar-refractivity contribution is 5.90. The molecule has 130 valence electrons. The third-order valence-electron chi connectivity index (χ3n) is 4.27. The maximum atomic E-state index is 10.7. The molecule has 0 aliphatic rings. The van der Waals surface area contributed by atoms with Crippen LogP contribution in [0.3, 0.4) is 0 Å². The van der Waals surface area contributed by atoms with Gasteiger partial charge in [0, 0.05) is 23.3 Å². The minimum atomic E-state index is 0.407. The Bertz CT molecular complexity index is 888. The zero-order chi connectivity index (χ0) is 17.8. The minimum Gasteiger partial charge on any atom is -0.493 e. The molecule has 1 unspecified atom stereocenters. The SMILES string of the molecule is CCOc1cc(-n2cnc(C(C)CC)c2)nc2ccc(NC=O)cc12. The van der Waals surface area contributed by atoms with E-state index in [0.717, 1.165) is 34.6 Å². The fourth-order valence-electron chi connectivity index (χ4n) is 2.67. The van der Waals surface area contributed by atoms with Gasteiger partial charge in [0.05, 0.1) is 17.8 Å². The van der Waals surface area contributed by atoms with Crippen molar-refractivity contribution in [3.8, 4) is 11.6 Å². The number of rotatable bonds is 7. The van der Waals surface area contributed by atoms with Gasteiger partial charge >= 0.3 is 0 Å². The first-order valence-corrected chi connectivity index (χ1v) is 8.48. The second-order valence-electron chi connectivity index (χ2n) is 5.92. The van der Waals surface area contributed by atoms with Crippen LogP contribution in [0.25, 0.3) is 16.7 Å². The Balaban J connectivity index is 2.08. The number of pyridine rings is 1. The van der Waals surface area contributed by atoms with Crippen molar-refractivity contribution in [1.29, 1.82) is 0 Å². The molecule has 0 aliphatic heterocycles. The van der Waals surface area contributed by atoms with Crippen LogP contribution in [0, 0.1) is 0 Å². The largest absolute Gasteiger partial charge is 0.493 e. The number of nitrogens with one attached hydrogen (secondary N) is 1. The zero-order valence-electron chi connectivity index (χ0n) is 14.7. The predicted molar refractivity (Wildman–Crippen MR) is 98.4 cm³/mol. The Labute approximate surface area is 146 Å². The Morgan fingerprint density at radius 2 is 2.16 bits per heavy atom. The van der Waals surface area contributed by atoms with Gasteiger partial charge < -0.3 is 10.1 Å². The average Bonchev–Trinajstić information content (AvgIpc) is 3.12. The van der Waals surface area contributed by atoms with E-state index in [1.54, 1.807) is 6.33 Å². The quantitative estimate of drug-likeness (QED) is 0.663. The summed E-state index contributed by atoms with van der Waals surface area (Å²) in [6, 6.07) is 7.46. The van der Waals surface area contributed by atoms with Crippen LogP contribution in [0.5, 0.6) is 5.75 Å². The molecule has 0 saturated heterocycles. The summed E-state index contributed by atoms with van der Waals surface area (Å²) < 4.78 is 7.72. The molecular weight excluding hydrogens is 316 g/mol. The zero-order valence-corrected chi connectivity index (χ0v) is 14.7. The molecule has 0 spiro atoms. The van der Waals surface area contributed by atoms with Crippen molar-refractivity contribution in [2.75, 3.05) is 11.9 Å². The standard InChI is InChI=1S/C19H22N4O2/c1-4-13(3)17-10-23(11-20-17)19-9-18(25-5-2)15-8-14(21-12-24)6-7-16(15)22-19/h6-13H,4-5H2,1-3H3,(H,21,24). The van der Waals surface area contributed by atoms with Crippen molar-refractivity contribution in [2.45, 2.75) is 33.1 Å². The number of fused-ring (bicyclic) bond motifs is 1. The van der Waals surface area contributed by atoms with Crippen molar-refractivity contribution < 1.29 is 9.53 Å². The number of anilines is 1. The summed E-state index contributed by atoms with van der Waals surface area (Å²) in [5.74, 6) is 1.90. The number of benzene rings is 1. The van der Waals surface area contributed by atoms with Gasteiger partial charge in [-0.3, -0.25) is 9.36 Å². The number of imidazole rings is 1. The normalized spacial score (nSPS) is 12.1. The molecule has 3 aromatic rings. The first-order chi connectivity index (χ1) is 12.2. The van der Waals surface area contributed by atoms with Gasteiger partial charge in [0.2, 0.25) is 6.41 Å². The summed E-state index contributed by atoms with van der Waals surface area (Å²) in [5.41, 5.74) is 2.56. The molecule has 0 bridgehead atoms. The van der Waals surface area contributed by atoms with Crippen LogP contribution < -0.4 is 10.1 Å². The van der Waals surface area contributed by atoms with Crippen molar-refractivity contribution in [1.82, 2.24) is 14.5 Å². The van der Waals surface area contributed by atoms with Crippen LogP contribution in [0.2, 0.25) is 0 Å². The lowest BCUT2D eigenvalue weighted by molar-refractivity contribution is -0.105. The molecule has 2 aromatic heterocycles. The Kier molecular flexibility index (Phi) is 4.97. The van der Waals surface area contributed by atoms with E-state index in [9.17, 15) is 4.79 Å². The molecule has 1 N–H and O–H groups in total. The van der Waals surface area contributed by atoms with Gasteiger partial charge in [-0.05, 0) is 37.5 Å². The molecule has 6 heteroatoms. The van der Waals surface area contributed by atoms with Gasteiger partial charge in [-0.1, -0.05) is 13.8 Å². The molecule has 0 fully saturated rings. The van der Waals surface area contributed by atoms with Gasteiger partial charge in [0.15, 0.2) is 0 Å². The maximum Gasteiger partial charge on any atom is 0.211 e. The molecule has 1 amide bonds. The van der Waals surface area contributed by atoms with E-state index in [2.05, 4.69) is 24.1 Å². The average molecular weight is 338 g/mol. The van der Waals surface area contributed by atoms with Crippen LogP contribution in [-0.2, 0) is 4.79 Å². The molecule has 0 saturated carbocycles. The Morgan fingerprint density at radius 1 is 1.32 bits per heavy atom. The fraction of sp³-hybridized carbons (Fsp3) is 0.316. The van der Waals surface area contributed by atoms with E-state index in [1.807, 2.05) is 42.0 Å². The molecule has 1 atom stereocenters. The molecule has 25 heavy (non-hydrogen) atoms. The van der Waals surface area contributed by atoms with Crippen LogP contribution in [0.15, 0.2) is 36.8 Å². The van der Waals surface area contributed by atoms with Gasteiger partial charge in [0.1, 0.15) is 17.9 Å². The number of carbonyl (C=O) groups excluding carboxylic acids is 1. The van der Waals surface area contributed by atoms with Crippen LogP contribution in [0.1, 0.15) is 38.8 Å². The second-order valence-corrected chi connectivity index (χ2v) is 5.92. The second kappa shape index (κ2) is 7.34. The molecule has 0 aliphatic carbocycles. The lowest BCUT2D eigenvalue weighted by Crippen LogP contribution is -2.01. The van der Waals surface area contributed by atoms with Crippen molar-refractivity contribution in [3.63, 3.8) is 0 Å². The van der Waals surface area contributed by atoms with Crippen LogP contribution >= 0.6 is 0 Å². The van der Waals surface area contributed by atoms with E-state index in [1.165, 1.54) is 0 Å². The Hall–Kier alpha value is -2.89. The fourth-order valence-corrected chi connectivity index (χ4v) is 2.67. The van der Waals surface area contributed by atoms with E-state index >= 15 is 0 Å². The van der Waals surface area contributed by atoms with Crippen molar-refractivity contribution >= 4 is 23.0 Å². The molecule has 1 aromatic carbocycles. The number of hydrogen-bond acceptors (Lipinski definition) is 4. The predicted octanol–water partition coefficient (Wildman–Crippen LogP) is 3.90. The first-order valence-electron chi connectivity index (χ1n) is 8.48. The minimum absolute atomic E-state index is 0.407. The number of nitrogens with zero attached hydrogens (tertiary/aromatic N) is 3. The summed E-state index contributed by atoms with van der Waals surface area (Å²) >= 11 is 0. The van der Waals surface area contributed by atoms with Gasteiger partial charge in [-0.25, -0.2) is 9.97 Å². The van der Waals surface area contributed by atoms with Crippen molar-refractivity contribution in [3.05, 3.63) is 42.5 Å². The highest BCUT2D eigenvalue weighted by Crippen LogP contribution is 2.30. The van der Waals surface area contributed by atoms with Crippen LogP contribution in [0.4, 0.5) is 5.69 Å². The number of amides is 1. The van der Waals surface area contributed by atoms with E-state index in [4.69, 9.17) is 9.72 Å². The lowest BCUT2D eigenvalue weighted by Gasteiger charge is -2.11. The molecular formula is C19H22N4O2. The lowest BCUT2D eigenvalue weighted by atomic mass is 10.1. The topological polar surface area (TPSA) is 69.0 Å². The van der Waals surface area contributed by atoms with E-state index < -0.39 is 0 Å². The first kappa shape index (κ1) is 17.0. The number of aromatic nitrogens is 3. The Morgan fingerprint density at radius 3 is 2.88 bits per heavy atom. The molecule has 2 heterocycles. The van der Waals surface area contributed by atoms with Gasteiger partial charge in [-0.2, -0.15) is 0 Å². The highest BCUT2D eigenvalue weighted by atomic mass is 16.5. The molecule has 6 nitrogen and oxygen atoms in total. The molecule has 0 radical (unpaired) electrons. The molecule has 3 rings (SSSR count). The number of ether oxygens (including phenoxy) is 1. The van der Waals surface area contributed by atoms with Gasteiger partial charge in [-0.15, -0.1) is 0 Å². The summed E-state index contributed by atoms with van der Waals surface area (Å²) in [5, 5.41) is 3.52. The summed E-state index contributed by atoms with van der Waals surface area (Å²) in [6.45, 7) is 6.80. The summed E-state index contributed by atoms with van der Waals surface area (Å²) in [4.78, 5) is 19.9. The third kappa shape index (κ3) is 3.47. The van der Waals surface area contributed by atoms with Gasteiger partial charge in [0.25, 0.3) is 0 Å². The number of hydrogen-bond donors (Lipinski definition) is 1. The number of carbonyl (C=O) groups is 1. The summed E-state index contributed by atoms with van der Waals surface area (Å²) in [6.07, 6.45) is 5.50. The van der Waals surface area contributed by atoms with E-state index in [-0.39, 0.29) is 0 Å². The van der Waals surface area contributed by atoms with E-state index in [0.29, 0.717) is 24.6 Å².